The number of hydrogen-bond acceptors (Lipinski definition) is 2. The molecule has 0 aromatic heterocycles. The molecule has 0 saturated carbocycles. The molecule has 2 N–H and O–H groups in total. The molecule has 0 bridgehead atoms. The van der Waals surface area contributed by atoms with Crippen molar-refractivity contribution in [1.82, 2.24) is 5.32 Å². The molecule has 0 amide bonds. The fraction of sp³-hybridized carbons (Fsp3) is 1.00. The first kappa shape index (κ1) is 9.01. The van der Waals surface area contributed by atoms with Crippen LogP contribution in [0.1, 0.15) is 32.6 Å². The van der Waals surface area contributed by atoms with Crippen molar-refractivity contribution >= 4 is 0 Å². The van der Waals surface area contributed by atoms with Crippen molar-refractivity contribution in [3.05, 3.63) is 0 Å². The third-order valence-electron chi connectivity index (χ3n) is 2.47. The van der Waals surface area contributed by atoms with Crippen LogP contribution in [0.3, 0.4) is 0 Å². The number of aliphatic hydroxyl groups excluding tert-OH is 1. The predicted octanol–water partition coefficient (Wildman–Crippen LogP) is 1.15. The Kier molecular flexibility index (Phi) is 3.87. The smallest absolute Gasteiger partial charge is 0.0431 e. The normalized spacial score (nSPS) is 32.2. The quantitative estimate of drug-likeness (QED) is 0.644. The zero-order valence-electron chi connectivity index (χ0n) is 7.34. The maximum Gasteiger partial charge on any atom is 0.0431 e. The third kappa shape index (κ3) is 3.21. The van der Waals surface area contributed by atoms with Gasteiger partial charge in [-0.15, -0.1) is 0 Å². The van der Waals surface area contributed by atoms with Crippen LogP contribution in [0.25, 0.3) is 0 Å². The molecule has 0 aromatic carbocycles. The fourth-order valence-corrected chi connectivity index (χ4v) is 1.78. The lowest BCUT2D eigenvalue weighted by Gasteiger charge is -2.27. The summed E-state index contributed by atoms with van der Waals surface area (Å²) in [5.74, 6) is 0.875. The second-order valence-corrected chi connectivity index (χ2v) is 3.65. The van der Waals surface area contributed by atoms with Gasteiger partial charge in [0.2, 0.25) is 0 Å². The van der Waals surface area contributed by atoms with E-state index in [1.54, 1.807) is 0 Å². The van der Waals surface area contributed by atoms with Gasteiger partial charge in [-0.05, 0) is 38.1 Å². The van der Waals surface area contributed by atoms with Crippen molar-refractivity contribution in [2.24, 2.45) is 5.92 Å². The molecule has 2 nitrogen and oxygen atoms in total. The molecule has 11 heavy (non-hydrogen) atoms. The molecule has 0 aromatic rings. The largest absolute Gasteiger partial charge is 0.396 e. The summed E-state index contributed by atoms with van der Waals surface area (Å²) in [5.41, 5.74) is 0. The Morgan fingerprint density at radius 1 is 1.55 bits per heavy atom. The Bertz CT molecular complexity index is 106. The predicted molar refractivity (Wildman–Crippen MR) is 46.5 cm³/mol. The van der Waals surface area contributed by atoms with E-state index in [9.17, 15) is 0 Å². The van der Waals surface area contributed by atoms with Crippen LogP contribution in [0.4, 0.5) is 0 Å². The topological polar surface area (TPSA) is 32.3 Å². The summed E-state index contributed by atoms with van der Waals surface area (Å²) in [4.78, 5) is 0. The summed E-state index contributed by atoms with van der Waals surface area (Å²) in [6.07, 6.45) is 4.70. The van der Waals surface area contributed by atoms with Crippen LogP contribution in [0.2, 0.25) is 0 Å². The second-order valence-electron chi connectivity index (χ2n) is 3.65. The molecule has 0 aliphatic carbocycles. The maximum atomic E-state index is 8.64. The monoisotopic (exact) mass is 157 g/mol. The zero-order chi connectivity index (χ0) is 8.10. The lowest BCUT2D eigenvalue weighted by Crippen LogP contribution is -2.37. The zero-order valence-corrected chi connectivity index (χ0v) is 7.34. The van der Waals surface area contributed by atoms with E-state index in [2.05, 4.69) is 12.2 Å². The highest BCUT2D eigenvalue weighted by Gasteiger charge is 2.16. The van der Waals surface area contributed by atoms with Gasteiger partial charge in [-0.2, -0.15) is 0 Å². The SMILES string of the molecule is CC1CCNC(CCCO)C1. The minimum Gasteiger partial charge on any atom is -0.396 e. The van der Waals surface area contributed by atoms with Gasteiger partial charge in [0.1, 0.15) is 0 Å². The molecule has 1 rings (SSSR count). The van der Waals surface area contributed by atoms with Crippen molar-refractivity contribution < 1.29 is 5.11 Å². The Morgan fingerprint density at radius 3 is 3.00 bits per heavy atom. The summed E-state index contributed by atoms with van der Waals surface area (Å²) in [7, 11) is 0. The molecule has 2 atom stereocenters. The van der Waals surface area contributed by atoms with Gasteiger partial charge in [-0.1, -0.05) is 6.92 Å². The molecular formula is C9H19NO. The Morgan fingerprint density at radius 2 is 2.36 bits per heavy atom. The summed E-state index contributed by atoms with van der Waals surface area (Å²) >= 11 is 0. The first-order chi connectivity index (χ1) is 5.33. The van der Waals surface area contributed by atoms with Gasteiger partial charge in [0.05, 0.1) is 0 Å². The van der Waals surface area contributed by atoms with Gasteiger partial charge < -0.3 is 10.4 Å². The van der Waals surface area contributed by atoms with Crippen molar-refractivity contribution in [2.45, 2.75) is 38.6 Å². The van der Waals surface area contributed by atoms with Gasteiger partial charge in [-0.25, -0.2) is 0 Å². The highest BCUT2D eigenvalue weighted by atomic mass is 16.2. The Hall–Kier alpha value is -0.0800. The van der Waals surface area contributed by atoms with E-state index in [-0.39, 0.29) is 0 Å². The number of nitrogens with one attached hydrogen (secondary N) is 1. The van der Waals surface area contributed by atoms with Crippen molar-refractivity contribution in [2.75, 3.05) is 13.2 Å². The minimum absolute atomic E-state index is 0.340. The van der Waals surface area contributed by atoms with Crippen molar-refractivity contribution in [3.63, 3.8) is 0 Å². The molecule has 1 aliphatic heterocycles. The highest BCUT2D eigenvalue weighted by molar-refractivity contribution is 4.75. The van der Waals surface area contributed by atoms with E-state index in [0.29, 0.717) is 12.6 Å². The van der Waals surface area contributed by atoms with Crippen LogP contribution in [0.5, 0.6) is 0 Å². The van der Waals surface area contributed by atoms with Crippen molar-refractivity contribution in [3.8, 4) is 0 Å². The first-order valence-corrected chi connectivity index (χ1v) is 4.67. The van der Waals surface area contributed by atoms with Gasteiger partial charge >= 0.3 is 0 Å². The highest BCUT2D eigenvalue weighted by Crippen LogP contribution is 2.17. The molecule has 1 aliphatic rings. The molecule has 66 valence electrons. The number of rotatable bonds is 3. The summed E-state index contributed by atoms with van der Waals surface area (Å²) in [5, 5.41) is 12.1. The van der Waals surface area contributed by atoms with Crippen LogP contribution in [-0.2, 0) is 0 Å². The lowest BCUT2D eigenvalue weighted by atomic mass is 9.92. The Labute approximate surface area is 69.0 Å². The summed E-state index contributed by atoms with van der Waals surface area (Å²) in [6, 6.07) is 0.672. The molecule has 1 saturated heterocycles. The summed E-state index contributed by atoms with van der Waals surface area (Å²) in [6.45, 7) is 3.82. The number of piperidine rings is 1. The van der Waals surface area contributed by atoms with Gasteiger partial charge in [0, 0.05) is 12.6 Å². The molecular weight excluding hydrogens is 138 g/mol. The molecule has 0 spiro atoms. The van der Waals surface area contributed by atoms with Crippen LogP contribution >= 0.6 is 0 Å². The Balaban J connectivity index is 2.12. The lowest BCUT2D eigenvalue weighted by molar-refractivity contribution is 0.252. The van der Waals surface area contributed by atoms with E-state index >= 15 is 0 Å². The molecule has 1 fully saturated rings. The minimum atomic E-state index is 0.340. The van der Waals surface area contributed by atoms with E-state index in [1.807, 2.05) is 0 Å². The van der Waals surface area contributed by atoms with Crippen LogP contribution in [-0.4, -0.2) is 24.3 Å². The summed E-state index contributed by atoms with van der Waals surface area (Å²) < 4.78 is 0. The van der Waals surface area contributed by atoms with Gasteiger partial charge in [0.15, 0.2) is 0 Å². The van der Waals surface area contributed by atoms with Crippen LogP contribution in [0, 0.1) is 5.92 Å². The standard InChI is InChI=1S/C9H19NO/c1-8-4-5-10-9(7-8)3-2-6-11/h8-11H,2-7H2,1H3. The molecule has 1 heterocycles. The first-order valence-electron chi connectivity index (χ1n) is 4.67. The van der Waals surface area contributed by atoms with E-state index in [4.69, 9.17) is 5.11 Å². The average molecular weight is 157 g/mol. The maximum absolute atomic E-state index is 8.64. The molecule has 2 unspecified atom stereocenters. The van der Waals surface area contributed by atoms with Crippen molar-refractivity contribution in [1.29, 1.82) is 0 Å². The van der Waals surface area contributed by atoms with Crippen LogP contribution in [0.15, 0.2) is 0 Å². The van der Waals surface area contributed by atoms with E-state index < -0.39 is 0 Å². The molecule has 2 heteroatoms. The molecule has 0 radical (unpaired) electrons. The van der Waals surface area contributed by atoms with E-state index in [1.165, 1.54) is 12.8 Å². The van der Waals surface area contributed by atoms with Crippen LogP contribution < -0.4 is 5.32 Å². The number of aliphatic hydroxyl groups is 1. The average Bonchev–Trinajstić information content (AvgIpc) is 2.01. The van der Waals surface area contributed by atoms with Gasteiger partial charge in [-0.3, -0.25) is 0 Å². The number of hydrogen-bond donors (Lipinski definition) is 2. The third-order valence-corrected chi connectivity index (χ3v) is 2.47. The fourth-order valence-electron chi connectivity index (χ4n) is 1.78. The van der Waals surface area contributed by atoms with Gasteiger partial charge in [0.25, 0.3) is 0 Å². The second kappa shape index (κ2) is 4.73. The van der Waals surface area contributed by atoms with E-state index in [0.717, 1.165) is 25.3 Å².